The molecule has 0 aromatic rings. The molecule has 9 heavy (non-hydrogen) atoms. The van der Waals surface area contributed by atoms with Gasteiger partial charge in [0, 0.05) is 6.92 Å². The largest absolute Gasteiger partial charge is 0.382 e. The Morgan fingerprint density at radius 2 is 2.33 bits per heavy atom. The molecule has 1 N–H and O–H groups in total. The Bertz CT molecular complexity index is 149. The fourth-order valence-electron chi connectivity index (χ4n) is 0.187. The van der Waals surface area contributed by atoms with Gasteiger partial charge >= 0.3 is 5.97 Å². The van der Waals surface area contributed by atoms with Crippen LogP contribution in [0.5, 0.6) is 0 Å². The van der Waals surface area contributed by atoms with Gasteiger partial charge in [0.15, 0.2) is 0 Å². The summed E-state index contributed by atoms with van der Waals surface area (Å²) in [5.74, 6) is 1.63. The van der Waals surface area contributed by atoms with E-state index in [-0.39, 0.29) is 0 Å². The Morgan fingerprint density at radius 3 is 2.67 bits per heavy atom. The van der Waals surface area contributed by atoms with E-state index in [9.17, 15) is 4.79 Å². The van der Waals surface area contributed by atoms with Gasteiger partial charge in [-0.05, 0) is 6.92 Å². The number of aliphatic hydroxyl groups excluding tert-OH is 1. The second-order valence-electron chi connectivity index (χ2n) is 1.45. The quantitative estimate of drug-likeness (QED) is 0.396. The fraction of sp³-hybridized carbons (Fsp3) is 0.500. The van der Waals surface area contributed by atoms with Gasteiger partial charge in [0.05, 0.1) is 0 Å². The Balaban J connectivity index is 3.60. The number of ether oxygens (including phenoxy) is 1. The third kappa shape index (κ3) is 3.56. The first-order valence-corrected chi connectivity index (χ1v) is 2.49. The van der Waals surface area contributed by atoms with Crippen molar-refractivity contribution in [2.24, 2.45) is 0 Å². The first-order valence-electron chi connectivity index (χ1n) is 2.49. The predicted octanol–water partition coefficient (Wildman–Crippen LogP) is -0.109. The number of hydrogen-bond donors (Lipinski definition) is 1. The lowest BCUT2D eigenvalue weighted by Crippen LogP contribution is -2.16. The van der Waals surface area contributed by atoms with Crippen molar-refractivity contribution in [3.05, 3.63) is 0 Å². The van der Waals surface area contributed by atoms with Crippen LogP contribution < -0.4 is 0 Å². The number of aliphatic hydroxyl groups is 1. The molecular formula is C6H8O3. The number of carbonyl (C=O) groups excluding carboxylic acids is 1. The van der Waals surface area contributed by atoms with Crippen LogP contribution >= 0.6 is 0 Å². The summed E-state index contributed by atoms with van der Waals surface area (Å²) >= 11 is 0. The maximum absolute atomic E-state index is 10.3. The topological polar surface area (TPSA) is 46.5 Å². The smallest absolute Gasteiger partial charge is 0.348 e. The monoisotopic (exact) mass is 128 g/mol. The first-order chi connectivity index (χ1) is 4.18. The summed E-state index contributed by atoms with van der Waals surface area (Å²) in [5.41, 5.74) is 0. The molecule has 0 saturated heterocycles. The van der Waals surface area contributed by atoms with E-state index in [4.69, 9.17) is 5.11 Å². The highest BCUT2D eigenvalue weighted by atomic mass is 16.5. The van der Waals surface area contributed by atoms with Crippen LogP contribution in [0.1, 0.15) is 13.8 Å². The summed E-state index contributed by atoms with van der Waals surface area (Å²) in [6.07, 6.45) is 0.978. The van der Waals surface area contributed by atoms with Gasteiger partial charge in [-0.25, -0.2) is 4.79 Å². The van der Waals surface area contributed by atoms with Crippen LogP contribution in [0.3, 0.4) is 0 Å². The molecule has 0 aliphatic heterocycles. The lowest BCUT2D eigenvalue weighted by Gasteiger charge is -1.96. The molecule has 1 atom stereocenters. The van der Waals surface area contributed by atoms with Crippen molar-refractivity contribution in [2.75, 3.05) is 0 Å². The van der Waals surface area contributed by atoms with Crippen molar-refractivity contribution in [3.63, 3.8) is 0 Å². The van der Waals surface area contributed by atoms with E-state index in [1.54, 1.807) is 0 Å². The zero-order valence-corrected chi connectivity index (χ0v) is 5.34. The molecule has 0 aliphatic carbocycles. The van der Waals surface area contributed by atoms with Crippen LogP contribution in [0.25, 0.3) is 0 Å². The molecule has 0 rings (SSSR count). The maximum Gasteiger partial charge on any atom is 0.348 e. The minimum atomic E-state index is -1.09. The summed E-state index contributed by atoms with van der Waals surface area (Å²) < 4.78 is 4.20. The van der Waals surface area contributed by atoms with Gasteiger partial charge in [0.25, 0.3) is 0 Å². The van der Waals surface area contributed by atoms with Crippen molar-refractivity contribution >= 4 is 5.97 Å². The minimum absolute atomic E-state index is 0.718. The van der Waals surface area contributed by atoms with E-state index in [2.05, 4.69) is 16.8 Å². The molecule has 0 saturated carbocycles. The van der Waals surface area contributed by atoms with Crippen LogP contribution in [0.4, 0.5) is 0 Å². The van der Waals surface area contributed by atoms with Crippen molar-refractivity contribution < 1.29 is 14.6 Å². The van der Waals surface area contributed by atoms with Gasteiger partial charge in [-0.1, -0.05) is 5.92 Å². The van der Waals surface area contributed by atoms with E-state index in [1.165, 1.54) is 13.8 Å². The molecule has 50 valence electrons. The average Bonchev–Trinajstić information content (AvgIpc) is 1.82. The van der Waals surface area contributed by atoms with Gasteiger partial charge in [0.2, 0.25) is 0 Å². The number of hydrogen-bond acceptors (Lipinski definition) is 3. The first kappa shape index (κ1) is 7.99. The van der Waals surface area contributed by atoms with E-state index in [0.29, 0.717) is 0 Å². The van der Waals surface area contributed by atoms with Crippen LogP contribution in [-0.2, 0) is 9.53 Å². The van der Waals surface area contributed by atoms with E-state index in [1.807, 2.05) is 0 Å². The standard InChI is InChI=1S/C6H8O3/c1-3-4-9-6(8)5(2)7/h5,7H,1-2H3. The van der Waals surface area contributed by atoms with E-state index in [0.717, 1.165) is 0 Å². The molecule has 3 nitrogen and oxygen atoms in total. The molecule has 0 spiro atoms. The second-order valence-corrected chi connectivity index (χ2v) is 1.45. The molecule has 0 aliphatic rings. The molecule has 0 aromatic heterocycles. The summed E-state index contributed by atoms with van der Waals surface area (Å²) in [4.78, 5) is 10.3. The molecule has 0 radical (unpaired) electrons. The normalized spacial score (nSPS) is 11.0. The predicted molar refractivity (Wildman–Crippen MR) is 31.2 cm³/mol. The van der Waals surface area contributed by atoms with Crippen LogP contribution in [0, 0.1) is 12.0 Å². The summed E-state index contributed by atoms with van der Waals surface area (Å²) in [6.45, 7) is 2.86. The van der Waals surface area contributed by atoms with Crippen molar-refractivity contribution in [1.29, 1.82) is 0 Å². The van der Waals surface area contributed by atoms with E-state index >= 15 is 0 Å². The molecule has 1 unspecified atom stereocenters. The van der Waals surface area contributed by atoms with Gasteiger partial charge in [0.1, 0.15) is 12.2 Å². The van der Waals surface area contributed by atoms with Gasteiger partial charge < -0.3 is 9.84 Å². The Hall–Kier alpha value is -1.01. The van der Waals surface area contributed by atoms with Gasteiger partial charge in [-0.15, -0.1) is 0 Å². The average molecular weight is 128 g/mol. The van der Waals surface area contributed by atoms with E-state index < -0.39 is 12.1 Å². The third-order valence-electron chi connectivity index (χ3n) is 0.595. The molecule has 3 heteroatoms. The summed E-state index contributed by atoms with van der Waals surface area (Å²) in [6, 6.07) is 0. The molecule has 0 heterocycles. The molecule has 0 amide bonds. The highest BCUT2D eigenvalue weighted by molar-refractivity contribution is 5.74. The van der Waals surface area contributed by atoms with Crippen LogP contribution in [0.15, 0.2) is 0 Å². The summed E-state index contributed by atoms with van der Waals surface area (Å²) in [7, 11) is 0. The Kier molecular flexibility index (Phi) is 3.49. The van der Waals surface area contributed by atoms with Crippen LogP contribution in [0.2, 0.25) is 0 Å². The maximum atomic E-state index is 10.3. The highest BCUT2D eigenvalue weighted by Crippen LogP contribution is 1.83. The molecular weight excluding hydrogens is 120 g/mol. The molecule has 0 aromatic carbocycles. The number of rotatable bonds is 1. The number of esters is 1. The zero-order chi connectivity index (χ0) is 7.28. The van der Waals surface area contributed by atoms with Gasteiger partial charge in [-0.3, -0.25) is 0 Å². The second kappa shape index (κ2) is 3.93. The van der Waals surface area contributed by atoms with Crippen molar-refractivity contribution in [3.8, 4) is 12.0 Å². The Labute approximate surface area is 53.6 Å². The SMILES string of the molecule is CC#COC(=O)C(C)O. The summed E-state index contributed by atoms with van der Waals surface area (Å²) in [5, 5.41) is 8.51. The third-order valence-corrected chi connectivity index (χ3v) is 0.595. The van der Waals surface area contributed by atoms with Crippen molar-refractivity contribution in [2.45, 2.75) is 20.0 Å². The Morgan fingerprint density at radius 1 is 1.78 bits per heavy atom. The zero-order valence-electron chi connectivity index (χ0n) is 5.34. The van der Waals surface area contributed by atoms with Crippen molar-refractivity contribution in [1.82, 2.24) is 0 Å². The fourth-order valence-corrected chi connectivity index (χ4v) is 0.187. The minimum Gasteiger partial charge on any atom is -0.382 e. The molecule has 0 bridgehead atoms. The van der Waals surface area contributed by atoms with Gasteiger partial charge in [-0.2, -0.15) is 0 Å². The lowest BCUT2D eigenvalue weighted by molar-refractivity contribution is -0.145. The van der Waals surface area contributed by atoms with Crippen LogP contribution in [-0.4, -0.2) is 17.2 Å². The molecule has 0 fully saturated rings. The number of carbonyl (C=O) groups is 1. The lowest BCUT2D eigenvalue weighted by atomic mass is 10.4. The highest BCUT2D eigenvalue weighted by Gasteiger charge is 2.07.